The molecule has 0 spiro atoms. The molecular weight excluding hydrogens is 324 g/mol. The van der Waals surface area contributed by atoms with E-state index in [0.29, 0.717) is 17.8 Å². The number of aryl methyl sites for hydroxylation is 2. The number of ether oxygens (including phenoxy) is 1. The van der Waals surface area contributed by atoms with Crippen molar-refractivity contribution in [3.63, 3.8) is 0 Å². The highest BCUT2D eigenvalue weighted by atomic mass is 16.5. The van der Waals surface area contributed by atoms with Crippen LogP contribution in [0.1, 0.15) is 42.9 Å². The molecule has 140 valence electrons. The van der Waals surface area contributed by atoms with Crippen LogP contribution in [0.15, 0.2) is 30.3 Å². The molecular formula is C21H30N4O. The van der Waals surface area contributed by atoms with E-state index in [1.54, 1.807) is 7.11 Å². The molecule has 1 fully saturated rings. The van der Waals surface area contributed by atoms with Crippen molar-refractivity contribution in [3.05, 3.63) is 47.4 Å². The molecule has 26 heavy (non-hydrogen) atoms. The van der Waals surface area contributed by atoms with Gasteiger partial charge >= 0.3 is 0 Å². The van der Waals surface area contributed by atoms with Crippen LogP contribution in [0.25, 0.3) is 0 Å². The zero-order chi connectivity index (χ0) is 18.5. The van der Waals surface area contributed by atoms with E-state index in [4.69, 9.17) is 4.74 Å². The molecule has 5 heteroatoms. The number of hydrogen-bond acceptors (Lipinski definition) is 5. The molecule has 0 saturated carbocycles. The fourth-order valence-electron chi connectivity index (χ4n) is 3.78. The van der Waals surface area contributed by atoms with E-state index in [9.17, 15) is 0 Å². The summed E-state index contributed by atoms with van der Waals surface area (Å²) in [4.78, 5) is 11.6. The second kappa shape index (κ2) is 8.49. The Hall–Kier alpha value is -2.14. The van der Waals surface area contributed by atoms with Crippen LogP contribution in [-0.2, 0) is 0 Å². The van der Waals surface area contributed by atoms with Crippen LogP contribution >= 0.6 is 0 Å². The van der Waals surface area contributed by atoms with Gasteiger partial charge in [0.25, 0.3) is 0 Å². The minimum atomic E-state index is 0.304. The lowest BCUT2D eigenvalue weighted by molar-refractivity contribution is 0.133. The first kappa shape index (κ1) is 18.6. The van der Waals surface area contributed by atoms with Gasteiger partial charge in [0.15, 0.2) is 0 Å². The minimum Gasteiger partial charge on any atom is -0.481 e. The highest BCUT2D eigenvalue weighted by Crippen LogP contribution is 2.27. The monoisotopic (exact) mass is 354 g/mol. The Morgan fingerprint density at radius 1 is 1.23 bits per heavy atom. The maximum absolute atomic E-state index is 5.28. The van der Waals surface area contributed by atoms with Crippen LogP contribution in [0.2, 0.25) is 0 Å². The Morgan fingerprint density at radius 3 is 2.73 bits per heavy atom. The summed E-state index contributed by atoms with van der Waals surface area (Å²) in [5, 5.41) is 3.61. The van der Waals surface area contributed by atoms with E-state index < -0.39 is 0 Å². The molecule has 1 aliphatic heterocycles. The van der Waals surface area contributed by atoms with Crippen molar-refractivity contribution in [1.29, 1.82) is 0 Å². The second-order valence-electron chi connectivity index (χ2n) is 7.30. The number of pyridine rings is 2. The minimum absolute atomic E-state index is 0.304. The highest BCUT2D eigenvalue weighted by Gasteiger charge is 2.25. The van der Waals surface area contributed by atoms with Gasteiger partial charge in [0.1, 0.15) is 0 Å². The van der Waals surface area contributed by atoms with Crippen molar-refractivity contribution in [1.82, 2.24) is 14.9 Å². The van der Waals surface area contributed by atoms with Crippen molar-refractivity contribution in [2.75, 3.05) is 32.1 Å². The molecule has 1 aliphatic rings. The van der Waals surface area contributed by atoms with Gasteiger partial charge in [-0.3, -0.25) is 9.88 Å². The van der Waals surface area contributed by atoms with Gasteiger partial charge in [-0.2, -0.15) is 0 Å². The summed E-state index contributed by atoms with van der Waals surface area (Å²) in [6, 6.07) is 10.6. The molecule has 0 amide bonds. The number of aromatic nitrogens is 2. The lowest BCUT2D eigenvalue weighted by Gasteiger charge is -2.36. The lowest BCUT2D eigenvalue weighted by atomic mass is 9.96. The van der Waals surface area contributed by atoms with E-state index in [2.05, 4.69) is 45.3 Å². The van der Waals surface area contributed by atoms with Crippen LogP contribution < -0.4 is 10.1 Å². The average Bonchev–Trinajstić information content (AvgIpc) is 2.65. The zero-order valence-corrected chi connectivity index (χ0v) is 16.3. The maximum Gasteiger partial charge on any atom is 0.213 e. The molecule has 5 nitrogen and oxygen atoms in total. The van der Waals surface area contributed by atoms with Gasteiger partial charge in [-0.05, 0) is 64.3 Å². The molecule has 1 saturated heterocycles. The summed E-state index contributed by atoms with van der Waals surface area (Å²) in [7, 11) is 1.67. The van der Waals surface area contributed by atoms with Crippen LogP contribution in [0, 0.1) is 19.8 Å². The number of hydrogen-bond donors (Lipinski definition) is 1. The first-order chi connectivity index (χ1) is 12.5. The van der Waals surface area contributed by atoms with Crippen LogP contribution in [-0.4, -0.2) is 41.6 Å². The smallest absolute Gasteiger partial charge is 0.213 e. The van der Waals surface area contributed by atoms with Crippen molar-refractivity contribution in [3.8, 4) is 5.88 Å². The van der Waals surface area contributed by atoms with Gasteiger partial charge < -0.3 is 10.1 Å². The number of anilines is 1. The molecule has 1 N–H and O–H groups in total. The van der Waals surface area contributed by atoms with E-state index in [1.807, 2.05) is 26.0 Å². The van der Waals surface area contributed by atoms with Crippen LogP contribution in [0.4, 0.5) is 5.69 Å². The van der Waals surface area contributed by atoms with Crippen LogP contribution in [0.5, 0.6) is 5.88 Å². The molecule has 2 aromatic heterocycles. The highest BCUT2D eigenvalue weighted by molar-refractivity contribution is 5.45. The van der Waals surface area contributed by atoms with Gasteiger partial charge in [0.2, 0.25) is 5.88 Å². The number of piperidine rings is 1. The van der Waals surface area contributed by atoms with Crippen LogP contribution in [0.3, 0.4) is 0 Å². The lowest BCUT2D eigenvalue weighted by Crippen LogP contribution is -2.39. The predicted octanol–water partition coefficient (Wildman–Crippen LogP) is 3.99. The topological polar surface area (TPSA) is 50.3 Å². The summed E-state index contributed by atoms with van der Waals surface area (Å²) in [5.41, 5.74) is 4.39. The molecule has 2 aromatic rings. The molecule has 0 aromatic carbocycles. The first-order valence-corrected chi connectivity index (χ1v) is 9.49. The van der Waals surface area contributed by atoms with E-state index in [0.717, 1.165) is 36.7 Å². The quantitative estimate of drug-likeness (QED) is 0.850. The normalized spacial score (nSPS) is 19.2. The molecule has 2 atom stereocenters. The Bertz CT molecular complexity index is 713. The number of nitrogens with one attached hydrogen (secondary N) is 1. The zero-order valence-electron chi connectivity index (χ0n) is 16.3. The third-order valence-corrected chi connectivity index (χ3v) is 5.16. The summed E-state index contributed by atoms with van der Waals surface area (Å²) >= 11 is 0. The molecule has 0 aliphatic carbocycles. The summed E-state index contributed by atoms with van der Waals surface area (Å²) < 4.78 is 5.28. The molecule has 0 radical (unpaired) electrons. The third kappa shape index (κ3) is 4.73. The summed E-state index contributed by atoms with van der Waals surface area (Å²) in [6.07, 6.45) is 2.50. The van der Waals surface area contributed by atoms with Gasteiger partial charge in [0, 0.05) is 42.3 Å². The standard InChI is InChI=1S/C21H30N4O/c1-15-11-19(12-16(2)23-15)22-13-18-7-6-10-25(14-18)17(3)20-8-5-9-21(24-20)26-4/h5,8-9,11-12,17-18H,6-7,10,13-14H2,1-4H3,(H,22,23)/t17-,18-/m1/s1. The number of rotatable bonds is 6. The van der Waals surface area contributed by atoms with E-state index in [1.165, 1.54) is 18.5 Å². The molecule has 0 unspecified atom stereocenters. The Balaban J connectivity index is 1.59. The average molecular weight is 354 g/mol. The third-order valence-electron chi connectivity index (χ3n) is 5.16. The summed E-state index contributed by atoms with van der Waals surface area (Å²) in [6.45, 7) is 9.55. The second-order valence-corrected chi connectivity index (χ2v) is 7.30. The number of nitrogens with zero attached hydrogens (tertiary/aromatic N) is 3. The predicted molar refractivity (Wildman–Crippen MR) is 106 cm³/mol. The Labute approximate surface area is 156 Å². The molecule has 3 heterocycles. The SMILES string of the molecule is COc1cccc([C@@H](C)N2CCC[C@H](CNc3cc(C)nc(C)c3)C2)n1. The molecule has 3 rings (SSSR count). The van der Waals surface area contributed by atoms with Crippen molar-refractivity contribution >= 4 is 5.69 Å². The largest absolute Gasteiger partial charge is 0.481 e. The van der Waals surface area contributed by atoms with Gasteiger partial charge in [0.05, 0.1) is 12.8 Å². The van der Waals surface area contributed by atoms with Crippen molar-refractivity contribution in [2.45, 2.75) is 39.7 Å². The molecule has 0 bridgehead atoms. The van der Waals surface area contributed by atoms with E-state index >= 15 is 0 Å². The number of likely N-dealkylation sites (tertiary alicyclic amines) is 1. The van der Waals surface area contributed by atoms with Gasteiger partial charge in [-0.1, -0.05) is 6.07 Å². The first-order valence-electron chi connectivity index (χ1n) is 9.49. The maximum atomic E-state index is 5.28. The van der Waals surface area contributed by atoms with Gasteiger partial charge in [-0.15, -0.1) is 0 Å². The van der Waals surface area contributed by atoms with Gasteiger partial charge in [-0.25, -0.2) is 4.98 Å². The number of methoxy groups -OCH3 is 1. The Morgan fingerprint density at radius 2 is 2.00 bits per heavy atom. The van der Waals surface area contributed by atoms with Crippen molar-refractivity contribution in [2.24, 2.45) is 5.92 Å². The fraction of sp³-hybridized carbons (Fsp3) is 0.524. The van der Waals surface area contributed by atoms with E-state index in [-0.39, 0.29) is 0 Å². The van der Waals surface area contributed by atoms with Crippen molar-refractivity contribution < 1.29 is 4.74 Å². The fourth-order valence-corrected chi connectivity index (χ4v) is 3.78. The summed E-state index contributed by atoms with van der Waals surface area (Å²) in [5.74, 6) is 1.33. The Kier molecular flexibility index (Phi) is 6.09.